The standard InChI is InChI=1S/C13H18N4O2/c1-13(12(19)14-2)4-3-5-17(8-13)11(18)10-6-15-9-16-7-10/h6-7,9H,3-5,8H2,1-2H3,(H,14,19). The first-order chi connectivity index (χ1) is 9.07. The maximum atomic E-state index is 12.3. The Balaban J connectivity index is 2.14. The molecule has 2 heterocycles. The Bertz CT molecular complexity index is 477. The number of rotatable bonds is 2. The average Bonchev–Trinajstić information content (AvgIpc) is 2.46. The number of nitrogens with one attached hydrogen (secondary N) is 1. The lowest BCUT2D eigenvalue weighted by Gasteiger charge is -2.39. The summed E-state index contributed by atoms with van der Waals surface area (Å²) in [5, 5.41) is 2.67. The van der Waals surface area contributed by atoms with E-state index in [1.54, 1.807) is 11.9 Å². The second kappa shape index (κ2) is 5.34. The summed E-state index contributed by atoms with van der Waals surface area (Å²) in [6.07, 6.45) is 6.01. The number of likely N-dealkylation sites (tertiary alicyclic amines) is 1. The number of nitrogens with zero attached hydrogens (tertiary/aromatic N) is 3. The van der Waals surface area contributed by atoms with E-state index in [0.29, 0.717) is 18.7 Å². The van der Waals surface area contributed by atoms with Crippen LogP contribution in [0, 0.1) is 5.41 Å². The third-order valence-corrected chi connectivity index (χ3v) is 3.57. The fourth-order valence-corrected chi connectivity index (χ4v) is 2.49. The zero-order valence-electron chi connectivity index (χ0n) is 11.2. The largest absolute Gasteiger partial charge is 0.359 e. The van der Waals surface area contributed by atoms with Crippen molar-refractivity contribution in [2.24, 2.45) is 5.41 Å². The molecule has 1 aromatic rings. The molecule has 1 atom stereocenters. The fourth-order valence-electron chi connectivity index (χ4n) is 2.49. The minimum atomic E-state index is -0.516. The SMILES string of the molecule is CNC(=O)C1(C)CCCN(C(=O)c2cncnc2)C1. The van der Waals surface area contributed by atoms with Crippen LogP contribution in [0.1, 0.15) is 30.1 Å². The predicted molar refractivity (Wildman–Crippen MR) is 69.3 cm³/mol. The number of carbonyl (C=O) groups excluding carboxylic acids is 2. The van der Waals surface area contributed by atoms with Crippen molar-refractivity contribution in [3.05, 3.63) is 24.3 Å². The van der Waals surface area contributed by atoms with E-state index in [2.05, 4.69) is 15.3 Å². The van der Waals surface area contributed by atoms with Crippen LogP contribution in [0.3, 0.4) is 0 Å². The van der Waals surface area contributed by atoms with E-state index in [9.17, 15) is 9.59 Å². The van der Waals surface area contributed by atoms with Crippen molar-refractivity contribution in [3.8, 4) is 0 Å². The molecule has 0 bridgehead atoms. The highest BCUT2D eigenvalue weighted by Crippen LogP contribution is 2.30. The molecular weight excluding hydrogens is 244 g/mol. The van der Waals surface area contributed by atoms with E-state index >= 15 is 0 Å². The summed E-state index contributed by atoms with van der Waals surface area (Å²) >= 11 is 0. The highest BCUT2D eigenvalue weighted by molar-refractivity contribution is 5.94. The van der Waals surface area contributed by atoms with Crippen molar-refractivity contribution in [2.45, 2.75) is 19.8 Å². The molecule has 1 aliphatic heterocycles. The molecule has 6 nitrogen and oxygen atoms in total. The quantitative estimate of drug-likeness (QED) is 0.840. The van der Waals surface area contributed by atoms with E-state index in [0.717, 1.165) is 12.8 Å². The van der Waals surface area contributed by atoms with Crippen LogP contribution in [0.5, 0.6) is 0 Å². The van der Waals surface area contributed by atoms with Gasteiger partial charge in [0.1, 0.15) is 6.33 Å². The Morgan fingerprint density at radius 1 is 1.37 bits per heavy atom. The third kappa shape index (κ3) is 2.72. The summed E-state index contributed by atoms with van der Waals surface area (Å²) in [6, 6.07) is 0. The van der Waals surface area contributed by atoms with Crippen molar-refractivity contribution in [2.75, 3.05) is 20.1 Å². The molecule has 0 aliphatic carbocycles. The third-order valence-electron chi connectivity index (χ3n) is 3.57. The smallest absolute Gasteiger partial charge is 0.257 e. The molecule has 2 rings (SSSR count). The molecule has 1 saturated heterocycles. The Hall–Kier alpha value is -1.98. The Kier molecular flexibility index (Phi) is 3.78. The van der Waals surface area contributed by atoms with E-state index in [-0.39, 0.29) is 11.8 Å². The van der Waals surface area contributed by atoms with Gasteiger partial charge in [-0.1, -0.05) is 0 Å². The number of aromatic nitrogens is 2. The maximum absolute atomic E-state index is 12.3. The van der Waals surface area contributed by atoms with Crippen LogP contribution in [-0.2, 0) is 4.79 Å². The van der Waals surface area contributed by atoms with E-state index in [1.807, 2.05) is 6.92 Å². The number of piperidine rings is 1. The molecule has 1 fully saturated rings. The number of carbonyl (C=O) groups is 2. The molecule has 19 heavy (non-hydrogen) atoms. The van der Waals surface area contributed by atoms with Crippen molar-refractivity contribution < 1.29 is 9.59 Å². The monoisotopic (exact) mass is 262 g/mol. The molecule has 0 aromatic carbocycles. The van der Waals surface area contributed by atoms with Crippen LogP contribution in [0.25, 0.3) is 0 Å². The van der Waals surface area contributed by atoms with E-state index in [4.69, 9.17) is 0 Å². The molecule has 1 unspecified atom stereocenters. The van der Waals surface area contributed by atoms with Crippen molar-refractivity contribution in [1.82, 2.24) is 20.2 Å². The minimum Gasteiger partial charge on any atom is -0.359 e. The van der Waals surface area contributed by atoms with Gasteiger partial charge in [-0.05, 0) is 19.8 Å². The Labute approximate surface area is 112 Å². The summed E-state index contributed by atoms with van der Waals surface area (Å²) in [6.45, 7) is 2.99. The molecule has 6 heteroatoms. The lowest BCUT2D eigenvalue weighted by molar-refractivity contribution is -0.132. The minimum absolute atomic E-state index is 0.0192. The van der Waals surface area contributed by atoms with Gasteiger partial charge in [-0.15, -0.1) is 0 Å². The van der Waals surface area contributed by atoms with Gasteiger partial charge in [-0.3, -0.25) is 9.59 Å². The second-order valence-electron chi connectivity index (χ2n) is 5.10. The van der Waals surface area contributed by atoms with Crippen LogP contribution in [0.15, 0.2) is 18.7 Å². The van der Waals surface area contributed by atoms with E-state index in [1.165, 1.54) is 18.7 Å². The lowest BCUT2D eigenvalue weighted by Crippen LogP contribution is -2.51. The zero-order chi connectivity index (χ0) is 13.9. The highest BCUT2D eigenvalue weighted by atomic mass is 16.2. The van der Waals surface area contributed by atoms with Gasteiger partial charge < -0.3 is 10.2 Å². The maximum Gasteiger partial charge on any atom is 0.257 e. The van der Waals surface area contributed by atoms with Crippen LogP contribution >= 0.6 is 0 Å². The number of amides is 2. The van der Waals surface area contributed by atoms with Crippen molar-refractivity contribution in [3.63, 3.8) is 0 Å². The Morgan fingerprint density at radius 3 is 2.68 bits per heavy atom. The van der Waals surface area contributed by atoms with Crippen LogP contribution in [0.4, 0.5) is 0 Å². The lowest BCUT2D eigenvalue weighted by atomic mass is 9.81. The van der Waals surface area contributed by atoms with Gasteiger partial charge in [-0.25, -0.2) is 9.97 Å². The first-order valence-corrected chi connectivity index (χ1v) is 6.33. The fraction of sp³-hybridized carbons (Fsp3) is 0.538. The summed E-state index contributed by atoms with van der Waals surface area (Å²) in [5.74, 6) is -0.135. The summed E-state index contributed by atoms with van der Waals surface area (Å²) in [4.78, 5) is 33.6. The number of hydrogen-bond donors (Lipinski definition) is 1. The van der Waals surface area contributed by atoms with Crippen molar-refractivity contribution >= 4 is 11.8 Å². The number of hydrogen-bond acceptors (Lipinski definition) is 4. The zero-order valence-corrected chi connectivity index (χ0v) is 11.2. The normalized spacial score (nSPS) is 22.9. The summed E-state index contributed by atoms with van der Waals surface area (Å²) in [5.41, 5.74) is -0.0539. The van der Waals surface area contributed by atoms with Gasteiger partial charge in [0.2, 0.25) is 5.91 Å². The molecule has 1 N–H and O–H groups in total. The first-order valence-electron chi connectivity index (χ1n) is 6.33. The summed E-state index contributed by atoms with van der Waals surface area (Å²) in [7, 11) is 1.62. The molecule has 1 aliphatic rings. The average molecular weight is 262 g/mol. The predicted octanol–water partition coefficient (Wildman–Crippen LogP) is 0.465. The van der Waals surface area contributed by atoms with Gasteiger partial charge in [-0.2, -0.15) is 0 Å². The second-order valence-corrected chi connectivity index (χ2v) is 5.10. The van der Waals surface area contributed by atoms with Crippen molar-refractivity contribution in [1.29, 1.82) is 0 Å². The van der Waals surface area contributed by atoms with E-state index < -0.39 is 5.41 Å². The Morgan fingerprint density at radius 2 is 2.05 bits per heavy atom. The molecule has 102 valence electrons. The molecule has 0 spiro atoms. The van der Waals surface area contributed by atoms with Crippen LogP contribution < -0.4 is 5.32 Å². The van der Waals surface area contributed by atoms with Crippen LogP contribution in [0.2, 0.25) is 0 Å². The molecule has 1 aromatic heterocycles. The molecular formula is C13H18N4O2. The topological polar surface area (TPSA) is 75.2 Å². The van der Waals surface area contributed by atoms with Gasteiger partial charge in [0.15, 0.2) is 0 Å². The van der Waals surface area contributed by atoms with Gasteiger partial charge in [0.05, 0.1) is 11.0 Å². The molecule has 0 radical (unpaired) electrons. The molecule has 2 amide bonds. The van der Waals surface area contributed by atoms with Gasteiger partial charge >= 0.3 is 0 Å². The summed E-state index contributed by atoms with van der Waals surface area (Å²) < 4.78 is 0. The van der Waals surface area contributed by atoms with Gasteiger partial charge in [0.25, 0.3) is 5.91 Å². The molecule has 0 saturated carbocycles. The van der Waals surface area contributed by atoms with Gasteiger partial charge in [0, 0.05) is 32.5 Å². The highest BCUT2D eigenvalue weighted by Gasteiger charge is 2.38. The van der Waals surface area contributed by atoms with Crippen LogP contribution in [-0.4, -0.2) is 46.8 Å². The first kappa shape index (κ1) is 13.5.